The number of carbonyl (C=O) groups is 1. The van der Waals surface area contributed by atoms with E-state index in [0.29, 0.717) is 5.92 Å². The first-order valence-electron chi connectivity index (χ1n) is 11.7. The summed E-state index contributed by atoms with van der Waals surface area (Å²) >= 11 is 0. The first-order valence-corrected chi connectivity index (χ1v) is 11.7. The van der Waals surface area contributed by atoms with Crippen molar-refractivity contribution in [3.63, 3.8) is 0 Å². The van der Waals surface area contributed by atoms with Crippen LogP contribution in [0.2, 0.25) is 0 Å². The van der Waals surface area contributed by atoms with Crippen molar-refractivity contribution in [2.24, 2.45) is 5.92 Å². The van der Waals surface area contributed by atoms with E-state index in [-0.39, 0.29) is 18.3 Å². The van der Waals surface area contributed by atoms with Crippen LogP contribution in [0.5, 0.6) is 5.75 Å². The highest BCUT2D eigenvalue weighted by atomic mass is 19.1. The molecule has 2 aromatic carbocycles. The molecule has 1 amide bonds. The number of halogens is 1. The topological polar surface area (TPSA) is 36.0 Å². The molecule has 0 radical (unpaired) electrons. The molecule has 5 nitrogen and oxygen atoms in total. The molecule has 2 aliphatic heterocycles. The summed E-state index contributed by atoms with van der Waals surface area (Å²) in [7, 11) is 2.15. The summed E-state index contributed by atoms with van der Waals surface area (Å²) in [6.07, 6.45) is 2.25. The zero-order chi connectivity index (χ0) is 22.5. The van der Waals surface area contributed by atoms with Crippen LogP contribution < -0.4 is 4.74 Å². The molecule has 1 atom stereocenters. The predicted molar refractivity (Wildman–Crippen MR) is 125 cm³/mol. The average Bonchev–Trinajstić information content (AvgIpc) is 2.80. The molecule has 0 aliphatic carbocycles. The molecule has 0 N–H and O–H groups in total. The van der Waals surface area contributed by atoms with Gasteiger partial charge in [-0.15, -0.1) is 0 Å². The smallest absolute Gasteiger partial charge is 0.260 e. The van der Waals surface area contributed by atoms with Gasteiger partial charge >= 0.3 is 0 Å². The number of carbonyl (C=O) groups excluding carboxylic acids is 1. The van der Waals surface area contributed by atoms with Gasteiger partial charge in [0, 0.05) is 51.4 Å². The summed E-state index contributed by atoms with van der Waals surface area (Å²) in [5, 5.41) is 0. The number of hydrogen-bond donors (Lipinski definition) is 0. The molecular weight excluding hydrogens is 405 g/mol. The fourth-order valence-electron chi connectivity index (χ4n) is 4.56. The number of hydrogen-bond acceptors (Lipinski definition) is 4. The minimum Gasteiger partial charge on any atom is -0.483 e. The highest BCUT2D eigenvalue weighted by Gasteiger charge is 2.22. The number of benzene rings is 2. The molecule has 0 bridgehead atoms. The number of piperazine rings is 1. The van der Waals surface area contributed by atoms with Gasteiger partial charge in [0.05, 0.1) is 0 Å². The van der Waals surface area contributed by atoms with Crippen LogP contribution >= 0.6 is 0 Å². The van der Waals surface area contributed by atoms with E-state index in [1.165, 1.54) is 18.6 Å². The van der Waals surface area contributed by atoms with Crippen molar-refractivity contribution in [1.29, 1.82) is 0 Å². The van der Waals surface area contributed by atoms with E-state index in [4.69, 9.17) is 4.74 Å². The van der Waals surface area contributed by atoms with Crippen LogP contribution in [0.4, 0.5) is 4.39 Å². The molecule has 0 saturated carbocycles. The first kappa shape index (κ1) is 22.7. The van der Waals surface area contributed by atoms with Crippen molar-refractivity contribution in [3.05, 3.63) is 53.8 Å². The van der Waals surface area contributed by atoms with Gasteiger partial charge in [-0.05, 0) is 61.2 Å². The molecule has 0 unspecified atom stereocenters. The van der Waals surface area contributed by atoms with E-state index in [9.17, 15) is 9.18 Å². The highest BCUT2D eigenvalue weighted by Crippen LogP contribution is 2.29. The number of nitrogens with zero attached hydrogens (tertiary/aromatic N) is 3. The molecule has 6 heteroatoms. The zero-order valence-electron chi connectivity index (χ0n) is 19.2. The Kier molecular flexibility index (Phi) is 7.43. The second kappa shape index (κ2) is 10.5. The van der Waals surface area contributed by atoms with E-state index in [1.54, 1.807) is 12.1 Å². The number of amides is 1. The third kappa shape index (κ3) is 5.87. The lowest BCUT2D eigenvalue weighted by atomic mass is 10.0. The van der Waals surface area contributed by atoms with Gasteiger partial charge in [-0.2, -0.15) is 0 Å². The van der Waals surface area contributed by atoms with Gasteiger partial charge in [0.1, 0.15) is 11.6 Å². The number of likely N-dealkylation sites (tertiary alicyclic amines) is 1. The molecule has 172 valence electrons. The maximum atomic E-state index is 13.4. The second-order valence-corrected chi connectivity index (χ2v) is 9.28. The minimum atomic E-state index is -0.239. The van der Waals surface area contributed by atoms with Crippen LogP contribution in [0.25, 0.3) is 11.1 Å². The van der Waals surface area contributed by atoms with Crippen LogP contribution in [-0.2, 0) is 11.3 Å². The summed E-state index contributed by atoms with van der Waals surface area (Å²) in [5.74, 6) is 1.13. The summed E-state index contributed by atoms with van der Waals surface area (Å²) in [6, 6.07) is 12.6. The predicted octanol–water partition coefficient (Wildman–Crippen LogP) is 3.88. The molecule has 2 aliphatic rings. The monoisotopic (exact) mass is 439 g/mol. The average molecular weight is 440 g/mol. The van der Waals surface area contributed by atoms with Gasteiger partial charge in [-0.25, -0.2) is 4.39 Å². The van der Waals surface area contributed by atoms with Gasteiger partial charge < -0.3 is 14.5 Å². The van der Waals surface area contributed by atoms with E-state index < -0.39 is 0 Å². The van der Waals surface area contributed by atoms with Crippen molar-refractivity contribution < 1.29 is 13.9 Å². The fraction of sp³-hybridized carbons (Fsp3) is 0.500. The molecule has 2 heterocycles. The third-order valence-electron chi connectivity index (χ3n) is 6.59. The van der Waals surface area contributed by atoms with Crippen LogP contribution in [0.15, 0.2) is 42.5 Å². The summed E-state index contributed by atoms with van der Waals surface area (Å²) in [5.41, 5.74) is 3.06. The zero-order valence-corrected chi connectivity index (χ0v) is 19.2. The highest BCUT2D eigenvalue weighted by molar-refractivity contribution is 5.78. The Labute approximate surface area is 190 Å². The van der Waals surface area contributed by atoms with Crippen LogP contribution in [0.3, 0.4) is 0 Å². The molecule has 2 aromatic rings. The van der Waals surface area contributed by atoms with E-state index >= 15 is 0 Å². The Balaban J connectivity index is 1.50. The third-order valence-corrected chi connectivity index (χ3v) is 6.59. The largest absolute Gasteiger partial charge is 0.483 e. The lowest BCUT2D eigenvalue weighted by molar-refractivity contribution is -0.135. The standard InChI is InChI=1S/C26H34FN3O2/c1-20-4-3-11-30(17-20)26(31)19-32-25-10-7-22(21-5-8-24(27)9-6-21)16-23(25)18-29-14-12-28(2)13-15-29/h5-10,16,20H,3-4,11-15,17-19H2,1-2H3/t20-/m1/s1. The van der Waals surface area contributed by atoms with Crippen molar-refractivity contribution in [1.82, 2.24) is 14.7 Å². The van der Waals surface area contributed by atoms with Crippen molar-refractivity contribution in [2.45, 2.75) is 26.3 Å². The van der Waals surface area contributed by atoms with E-state index in [2.05, 4.69) is 29.8 Å². The van der Waals surface area contributed by atoms with E-state index in [0.717, 1.165) is 74.7 Å². The number of rotatable bonds is 6. The van der Waals surface area contributed by atoms with Crippen LogP contribution in [-0.4, -0.2) is 73.5 Å². The Morgan fingerprint density at radius 3 is 2.47 bits per heavy atom. The molecule has 4 rings (SSSR count). The lowest BCUT2D eigenvalue weighted by Crippen LogP contribution is -2.44. The van der Waals surface area contributed by atoms with Gasteiger partial charge in [-0.3, -0.25) is 9.69 Å². The van der Waals surface area contributed by atoms with Crippen molar-refractivity contribution in [3.8, 4) is 16.9 Å². The second-order valence-electron chi connectivity index (χ2n) is 9.28. The lowest BCUT2D eigenvalue weighted by Gasteiger charge is -2.33. The quantitative estimate of drug-likeness (QED) is 0.685. The summed E-state index contributed by atoms with van der Waals surface area (Å²) in [6.45, 7) is 8.76. The number of likely N-dealkylation sites (N-methyl/N-ethyl adjacent to an activating group) is 1. The molecular formula is C26H34FN3O2. The van der Waals surface area contributed by atoms with Gasteiger partial charge in [0.2, 0.25) is 0 Å². The SMILES string of the molecule is C[C@@H]1CCCN(C(=O)COc2ccc(-c3ccc(F)cc3)cc2CN2CCN(C)CC2)C1. The number of ether oxygens (including phenoxy) is 1. The Morgan fingerprint density at radius 1 is 1.03 bits per heavy atom. The Bertz CT molecular complexity index is 910. The molecule has 32 heavy (non-hydrogen) atoms. The fourth-order valence-corrected chi connectivity index (χ4v) is 4.56. The minimum absolute atomic E-state index is 0.0599. The maximum Gasteiger partial charge on any atom is 0.260 e. The summed E-state index contributed by atoms with van der Waals surface area (Å²) < 4.78 is 19.4. The Hall–Kier alpha value is -2.44. The summed E-state index contributed by atoms with van der Waals surface area (Å²) in [4.78, 5) is 19.4. The van der Waals surface area contributed by atoms with Crippen LogP contribution in [0.1, 0.15) is 25.3 Å². The normalized spacial score (nSPS) is 20.3. The molecule has 2 fully saturated rings. The molecule has 0 spiro atoms. The van der Waals surface area contributed by atoms with Gasteiger partial charge in [0.25, 0.3) is 5.91 Å². The molecule has 0 aromatic heterocycles. The Morgan fingerprint density at radius 2 is 1.75 bits per heavy atom. The van der Waals surface area contributed by atoms with Crippen LogP contribution in [0, 0.1) is 11.7 Å². The molecule has 2 saturated heterocycles. The maximum absolute atomic E-state index is 13.4. The number of piperidine rings is 1. The van der Waals surface area contributed by atoms with Crippen molar-refractivity contribution >= 4 is 5.91 Å². The van der Waals surface area contributed by atoms with Gasteiger partial charge in [0.15, 0.2) is 6.61 Å². The van der Waals surface area contributed by atoms with E-state index in [1.807, 2.05) is 17.0 Å². The van der Waals surface area contributed by atoms with Crippen molar-refractivity contribution in [2.75, 3.05) is 52.9 Å². The van der Waals surface area contributed by atoms with Gasteiger partial charge in [-0.1, -0.05) is 25.1 Å². The first-order chi connectivity index (χ1) is 15.5.